The number of carbonyl (C=O) groups excluding carboxylic acids is 2. The van der Waals surface area contributed by atoms with Crippen LogP contribution in [-0.4, -0.2) is 27.6 Å². The molecule has 0 aliphatic rings. The van der Waals surface area contributed by atoms with Crippen molar-refractivity contribution in [3.05, 3.63) is 35.9 Å². The molecule has 0 radical (unpaired) electrons. The summed E-state index contributed by atoms with van der Waals surface area (Å²) in [6.07, 6.45) is 0. The van der Waals surface area contributed by atoms with E-state index >= 15 is 0 Å². The second-order valence-electron chi connectivity index (χ2n) is 2.74. The first-order valence-electron chi connectivity index (χ1n) is 3.90. The Kier molecular flexibility index (Phi) is 3.40. The van der Waals surface area contributed by atoms with E-state index in [1.807, 2.05) is 6.07 Å². The zero-order chi connectivity index (χ0) is 9.84. The van der Waals surface area contributed by atoms with E-state index in [0.717, 1.165) is 0 Å². The molecule has 0 aromatic heterocycles. The van der Waals surface area contributed by atoms with Crippen molar-refractivity contribution in [2.75, 3.05) is 0 Å². The molecule has 0 bridgehead atoms. The molecule has 2 nitrogen and oxygen atoms in total. The molecule has 13 heavy (non-hydrogen) atoms. The first kappa shape index (κ1) is 10.2. The van der Waals surface area contributed by atoms with Crippen LogP contribution in [0.3, 0.4) is 0 Å². The molecule has 0 saturated carbocycles. The summed E-state index contributed by atoms with van der Waals surface area (Å²) >= 11 is 2.11. The van der Waals surface area contributed by atoms with Gasteiger partial charge < -0.3 is 0 Å². The van der Waals surface area contributed by atoms with Gasteiger partial charge in [-0.2, -0.15) is 0 Å². The third-order valence-electron chi connectivity index (χ3n) is 1.69. The Morgan fingerprint density at radius 1 is 1.23 bits per heavy atom. The summed E-state index contributed by atoms with van der Waals surface area (Å²) in [6, 6.07) is 8.83. The molecule has 1 unspecified atom stereocenters. The molecule has 3 heteroatoms. The van der Waals surface area contributed by atoms with Crippen LogP contribution in [0.15, 0.2) is 30.3 Å². The third-order valence-corrected chi connectivity index (χ3v) is 2.95. The maximum atomic E-state index is 11.5. The summed E-state index contributed by atoms with van der Waals surface area (Å²) in [5.74, 6) is -0.248. The summed E-state index contributed by atoms with van der Waals surface area (Å²) in [6.45, 7) is 1.42. The molecule has 1 aromatic carbocycles. The van der Waals surface area contributed by atoms with Gasteiger partial charge in [0.15, 0.2) is 0 Å². The Hall–Kier alpha value is -0.921. The second-order valence-corrected chi connectivity index (χ2v) is 3.83. The SMILES string of the molecule is CC(=O)C([SeH])C(=O)c1ccccc1. The van der Waals surface area contributed by atoms with Gasteiger partial charge in [0.05, 0.1) is 0 Å². The van der Waals surface area contributed by atoms with Crippen LogP contribution in [0.4, 0.5) is 0 Å². The van der Waals surface area contributed by atoms with E-state index in [-0.39, 0.29) is 11.6 Å². The molecule has 1 rings (SSSR count). The monoisotopic (exact) mass is 242 g/mol. The first-order chi connectivity index (χ1) is 6.13. The fourth-order valence-electron chi connectivity index (χ4n) is 0.945. The summed E-state index contributed by atoms with van der Waals surface area (Å²) in [4.78, 5) is 21.9. The fourth-order valence-corrected chi connectivity index (χ4v) is 1.26. The number of Topliss-reactive ketones (excluding diaryl/α,β-unsaturated/α-hetero) is 2. The molecule has 0 amide bonds. The van der Waals surface area contributed by atoms with Crippen LogP contribution < -0.4 is 0 Å². The minimum atomic E-state index is -0.588. The van der Waals surface area contributed by atoms with Crippen LogP contribution in [0.2, 0.25) is 4.82 Å². The third kappa shape index (κ3) is 2.51. The first-order valence-corrected chi connectivity index (χ1v) is 4.99. The number of hydrogen-bond acceptors (Lipinski definition) is 2. The number of benzene rings is 1. The number of rotatable bonds is 3. The van der Waals surface area contributed by atoms with E-state index in [9.17, 15) is 9.59 Å². The van der Waals surface area contributed by atoms with E-state index in [1.165, 1.54) is 6.92 Å². The van der Waals surface area contributed by atoms with Crippen LogP contribution in [0.5, 0.6) is 0 Å². The van der Waals surface area contributed by atoms with E-state index in [4.69, 9.17) is 0 Å². The number of hydrogen-bond donors (Lipinski definition) is 0. The van der Waals surface area contributed by atoms with Gasteiger partial charge >= 0.3 is 84.8 Å². The van der Waals surface area contributed by atoms with Crippen molar-refractivity contribution in [2.24, 2.45) is 0 Å². The van der Waals surface area contributed by atoms with Crippen molar-refractivity contribution in [3.8, 4) is 0 Å². The average Bonchev–Trinajstić information content (AvgIpc) is 2.17. The van der Waals surface area contributed by atoms with Crippen LogP contribution in [-0.2, 0) is 4.79 Å². The topological polar surface area (TPSA) is 34.1 Å². The Balaban J connectivity index is 2.86. The molecule has 0 spiro atoms. The Morgan fingerprint density at radius 3 is 2.23 bits per heavy atom. The van der Waals surface area contributed by atoms with Gasteiger partial charge in [-0.1, -0.05) is 0 Å². The zero-order valence-corrected chi connectivity index (χ0v) is 9.10. The number of carbonyl (C=O) groups is 2. The average molecular weight is 241 g/mol. The molecular weight excluding hydrogens is 231 g/mol. The van der Waals surface area contributed by atoms with Crippen LogP contribution in [0, 0.1) is 0 Å². The molecule has 0 aliphatic heterocycles. The fraction of sp³-hybridized carbons (Fsp3) is 0.200. The maximum absolute atomic E-state index is 11.5. The van der Waals surface area contributed by atoms with Gasteiger partial charge in [-0.25, -0.2) is 0 Å². The summed E-state index contributed by atoms with van der Waals surface area (Å²) in [5, 5.41) is 0. The molecule has 0 heterocycles. The van der Waals surface area contributed by atoms with Gasteiger partial charge in [0.1, 0.15) is 0 Å². The van der Waals surface area contributed by atoms with Gasteiger partial charge in [-0.05, 0) is 0 Å². The molecule has 68 valence electrons. The summed E-state index contributed by atoms with van der Waals surface area (Å²) in [5.41, 5.74) is 0.586. The minimum absolute atomic E-state index is 0.117. The second kappa shape index (κ2) is 4.35. The summed E-state index contributed by atoms with van der Waals surface area (Å²) < 4.78 is 0. The molecular formula is C10H10O2Se. The summed E-state index contributed by atoms with van der Waals surface area (Å²) in [7, 11) is 0. The Morgan fingerprint density at radius 2 is 1.77 bits per heavy atom. The zero-order valence-electron chi connectivity index (χ0n) is 7.23. The molecule has 1 atom stereocenters. The van der Waals surface area contributed by atoms with Gasteiger partial charge in [0, 0.05) is 0 Å². The van der Waals surface area contributed by atoms with Crippen molar-refractivity contribution >= 4 is 27.6 Å². The van der Waals surface area contributed by atoms with Crippen LogP contribution in [0.25, 0.3) is 0 Å². The molecule has 1 aromatic rings. The van der Waals surface area contributed by atoms with Crippen LogP contribution in [0.1, 0.15) is 17.3 Å². The normalized spacial score (nSPS) is 12.2. The van der Waals surface area contributed by atoms with Crippen molar-refractivity contribution in [1.29, 1.82) is 0 Å². The van der Waals surface area contributed by atoms with Crippen molar-refractivity contribution in [2.45, 2.75) is 11.7 Å². The van der Waals surface area contributed by atoms with Crippen molar-refractivity contribution < 1.29 is 9.59 Å². The standard InChI is InChI=1S/C10H10O2Se/c1-7(11)10(13)9(12)8-5-3-2-4-6-8/h2-6,10,13H,1H3. The van der Waals surface area contributed by atoms with Crippen molar-refractivity contribution in [3.63, 3.8) is 0 Å². The Bertz CT molecular complexity index is 319. The Labute approximate surface area is 85.1 Å². The van der Waals surface area contributed by atoms with Gasteiger partial charge in [0.2, 0.25) is 0 Å². The molecule has 0 fully saturated rings. The van der Waals surface area contributed by atoms with E-state index < -0.39 is 4.82 Å². The van der Waals surface area contributed by atoms with Crippen molar-refractivity contribution in [1.82, 2.24) is 0 Å². The molecule has 0 aliphatic carbocycles. The van der Waals surface area contributed by atoms with Crippen LogP contribution >= 0.6 is 0 Å². The quantitative estimate of drug-likeness (QED) is 0.452. The molecule has 0 saturated heterocycles. The van der Waals surface area contributed by atoms with E-state index in [0.29, 0.717) is 5.56 Å². The van der Waals surface area contributed by atoms with Gasteiger partial charge in [-0.3, -0.25) is 0 Å². The number of ketones is 2. The predicted molar refractivity (Wildman–Crippen MR) is 52.4 cm³/mol. The van der Waals surface area contributed by atoms with Gasteiger partial charge in [0.25, 0.3) is 0 Å². The van der Waals surface area contributed by atoms with E-state index in [2.05, 4.69) is 16.0 Å². The predicted octanol–water partition coefficient (Wildman–Crippen LogP) is 1.15. The van der Waals surface area contributed by atoms with E-state index in [1.54, 1.807) is 24.3 Å². The molecule has 0 N–H and O–H groups in total. The van der Waals surface area contributed by atoms with Gasteiger partial charge in [-0.15, -0.1) is 0 Å².